The van der Waals surface area contributed by atoms with Gasteiger partial charge in [0.15, 0.2) is 5.84 Å². The van der Waals surface area contributed by atoms with Gasteiger partial charge in [-0.05, 0) is 44.5 Å². The fourth-order valence-electron chi connectivity index (χ4n) is 2.26. The molecule has 7 nitrogen and oxygen atoms in total. The number of oxime groups is 1. The van der Waals surface area contributed by atoms with Crippen LogP contribution in [0.4, 0.5) is 5.69 Å². The van der Waals surface area contributed by atoms with E-state index in [9.17, 15) is 4.79 Å². The van der Waals surface area contributed by atoms with E-state index in [1.165, 1.54) is 11.8 Å². The minimum atomic E-state index is -0.288. The average molecular weight is 365 g/mol. The van der Waals surface area contributed by atoms with E-state index in [0.717, 1.165) is 5.56 Å². The molecule has 0 saturated heterocycles. The number of nitrogens with zero attached hydrogens (tertiary/aromatic N) is 3. The van der Waals surface area contributed by atoms with Crippen LogP contribution in [0.1, 0.15) is 35.5 Å². The molecular weight excluding hydrogens is 342 g/mol. The summed E-state index contributed by atoms with van der Waals surface area (Å²) in [5.41, 5.74) is 9.84. The van der Waals surface area contributed by atoms with E-state index < -0.39 is 0 Å². The fourth-order valence-corrected chi connectivity index (χ4v) is 2.26. The van der Waals surface area contributed by atoms with Crippen LogP contribution in [0.15, 0.2) is 66.1 Å². The van der Waals surface area contributed by atoms with E-state index in [-0.39, 0.29) is 11.7 Å². The Morgan fingerprint density at radius 2 is 2.00 bits per heavy atom. The van der Waals surface area contributed by atoms with Crippen molar-refractivity contribution in [3.63, 3.8) is 0 Å². The van der Waals surface area contributed by atoms with Gasteiger partial charge in [-0.1, -0.05) is 28.9 Å². The normalized spacial score (nSPS) is 10.9. The number of imidazole rings is 1. The number of amides is 1. The maximum atomic E-state index is 12.5. The molecule has 7 heteroatoms. The lowest BCUT2D eigenvalue weighted by Gasteiger charge is -2.10. The zero-order valence-corrected chi connectivity index (χ0v) is 15.6. The third-order valence-electron chi connectivity index (χ3n) is 3.54. The Morgan fingerprint density at radius 1 is 1.30 bits per heavy atom. The first-order valence-electron chi connectivity index (χ1n) is 8.27. The van der Waals surface area contributed by atoms with Gasteiger partial charge in [-0.3, -0.25) is 9.20 Å². The van der Waals surface area contributed by atoms with Crippen LogP contribution in [-0.4, -0.2) is 26.3 Å². The van der Waals surface area contributed by atoms with E-state index in [2.05, 4.69) is 22.0 Å². The minimum absolute atomic E-state index is 0.0182. The number of rotatable bonds is 3. The maximum Gasteiger partial charge on any atom is 0.274 e. The van der Waals surface area contributed by atoms with Crippen molar-refractivity contribution in [2.24, 2.45) is 10.9 Å². The van der Waals surface area contributed by atoms with Crippen LogP contribution in [0.3, 0.4) is 0 Å². The van der Waals surface area contributed by atoms with E-state index in [1.54, 1.807) is 28.8 Å². The molecule has 140 valence electrons. The van der Waals surface area contributed by atoms with E-state index >= 15 is 0 Å². The first-order chi connectivity index (χ1) is 12.8. The van der Waals surface area contributed by atoms with Gasteiger partial charge in [0.2, 0.25) is 0 Å². The summed E-state index contributed by atoms with van der Waals surface area (Å²) in [6, 6.07) is 10.7. The van der Waals surface area contributed by atoms with Gasteiger partial charge in [0.25, 0.3) is 5.91 Å². The van der Waals surface area contributed by atoms with Crippen molar-refractivity contribution in [1.82, 2.24) is 9.38 Å². The molecule has 0 bridgehead atoms. The summed E-state index contributed by atoms with van der Waals surface area (Å²) in [6.45, 7) is 9.36. The van der Waals surface area contributed by atoms with Gasteiger partial charge in [-0.2, -0.15) is 0 Å². The van der Waals surface area contributed by atoms with Gasteiger partial charge in [-0.15, -0.1) is 6.58 Å². The third-order valence-corrected chi connectivity index (χ3v) is 3.54. The van der Waals surface area contributed by atoms with Crippen molar-refractivity contribution >= 4 is 23.1 Å². The highest BCUT2D eigenvalue weighted by molar-refractivity contribution is 6.05. The van der Waals surface area contributed by atoms with Crippen molar-refractivity contribution in [3.8, 4) is 0 Å². The largest absolute Gasteiger partial charge is 0.409 e. The molecule has 0 spiro atoms. The molecule has 2 heterocycles. The summed E-state index contributed by atoms with van der Waals surface area (Å²) in [5.74, 6) is -0.307. The number of carbonyl (C=O) groups is 1. The zero-order chi connectivity index (χ0) is 20.0. The molecule has 3 rings (SSSR count). The molecule has 0 aliphatic rings. The summed E-state index contributed by atoms with van der Waals surface area (Å²) >= 11 is 0. The Balaban J connectivity index is 0.000000596. The van der Waals surface area contributed by atoms with Crippen LogP contribution < -0.4 is 11.1 Å². The summed E-state index contributed by atoms with van der Waals surface area (Å²) in [4.78, 5) is 16.7. The minimum Gasteiger partial charge on any atom is -0.409 e. The number of allylic oxidation sites excluding steroid dienone is 1. The molecule has 3 aromatic rings. The Hall–Kier alpha value is -3.61. The zero-order valence-electron chi connectivity index (χ0n) is 15.6. The predicted molar refractivity (Wildman–Crippen MR) is 107 cm³/mol. The van der Waals surface area contributed by atoms with E-state index in [4.69, 9.17) is 10.9 Å². The van der Waals surface area contributed by atoms with E-state index in [1.807, 2.05) is 39.0 Å². The lowest BCUT2D eigenvalue weighted by atomic mass is 10.1. The Labute approximate surface area is 157 Å². The van der Waals surface area contributed by atoms with Gasteiger partial charge < -0.3 is 16.3 Å². The molecule has 27 heavy (non-hydrogen) atoms. The summed E-state index contributed by atoms with van der Waals surface area (Å²) in [6.07, 6.45) is 3.30. The smallest absolute Gasteiger partial charge is 0.274 e. The quantitative estimate of drug-likeness (QED) is 0.217. The van der Waals surface area contributed by atoms with E-state index in [0.29, 0.717) is 22.6 Å². The maximum absolute atomic E-state index is 12.5. The van der Waals surface area contributed by atoms with Gasteiger partial charge >= 0.3 is 0 Å². The SMILES string of the molecule is C=C(C)C.Cc1ccc(/C(N)=N/O)cc1NC(=O)c1cnc2ccccn12. The molecule has 0 saturated carbocycles. The average Bonchev–Trinajstić information content (AvgIpc) is 3.06. The lowest BCUT2D eigenvalue weighted by molar-refractivity contribution is 0.102. The highest BCUT2D eigenvalue weighted by Gasteiger charge is 2.13. The number of amidine groups is 1. The standard InChI is InChI=1S/C16H15N5O2.C4H8/c1-10-5-6-11(15(17)20-23)8-12(10)19-16(22)13-9-18-14-4-2-3-7-21(13)14;1-4(2)3/h2-9,23H,1H3,(H2,17,20)(H,19,22);1H2,2-3H3. The fraction of sp³-hybridized carbons (Fsp3) is 0.150. The molecule has 0 aliphatic carbocycles. The number of nitrogens with one attached hydrogen (secondary N) is 1. The number of benzene rings is 1. The van der Waals surface area contributed by atoms with Crippen molar-refractivity contribution in [1.29, 1.82) is 0 Å². The number of nitrogens with two attached hydrogens (primary N) is 1. The van der Waals surface area contributed by atoms with Gasteiger partial charge in [0.05, 0.1) is 6.20 Å². The van der Waals surface area contributed by atoms with Crippen LogP contribution in [0.5, 0.6) is 0 Å². The van der Waals surface area contributed by atoms with Crippen LogP contribution in [0.2, 0.25) is 0 Å². The molecular formula is C20H23N5O2. The highest BCUT2D eigenvalue weighted by atomic mass is 16.4. The van der Waals surface area contributed by atoms with Crippen molar-refractivity contribution in [3.05, 3.63) is 77.8 Å². The number of aryl methyl sites for hydroxylation is 1. The second-order valence-electron chi connectivity index (χ2n) is 6.25. The number of hydrogen-bond donors (Lipinski definition) is 3. The third kappa shape index (κ3) is 4.94. The number of pyridine rings is 1. The number of anilines is 1. The summed E-state index contributed by atoms with van der Waals surface area (Å²) < 4.78 is 1.71. The van der Waals surface area contributed by atoms with Gasteiger partial charge in [0.1, 0.15) is 11.3 Å². The van der Waals surface area contributed by atoms with Crippen molar-refractivity contribution < 1.29 is 10.0 Å². The lowest BCUT2D eigenvalue weighted by Crippen LogP contribution is -2.17. The second kappa shape index (κ2) is 8.66. The first-order valence-corrected chi connectivity index (χ1v) is 8.27. The molecule has 0 unspecified atom stereocenters. The molecule has 0 radical (unpaired) electrons. The molecule has 1 aromatic carbocycles. The topological polar surface area (TPSA) is 105 Å². The van der Waals surface area contributed by atoms with Crippen molar-refractivity contribution in [2.75, 3.05) is 5.32 Å². The number of carbonyl (C=O) groups excluding carboxylic acids is 1. The Bertz CT molecular complexity index is 1000. The van der Waals surface area contributed by atoms with Crippen LogP contribution in [0, 0.1) is 6.92 Å². The number of fused-ring (bicyclic) bond motifs is 1. The Morgan fingerprint density at radius 3 is 2.67 bits per heavy atom. The van der Waals surface area contributed by atoms with Crippen LogP contribution in [0.25, 0.3) is 5.65 Å². The highest BCUT2D eigenvalue weighted by Crippen LogP contribution is 2.18. The molecule has 1 amide bonds. The molecule has 4 N–H and O–H groups in total. The predicted octanol–water partition coefficient (Wildman–Crippen LogP) is 3.57. The molecule has 0 aliphatic heterocycles. The van der Waals surface area contributed by atoms with Crippen molar-refractivity contribution in [2.45, 2.75) is 20.8 Å². The summed E-state index contributed by atoms with van der Waals surface area (Å²) in [7, 11) is 0. The van der Waals surface area contributed by atoms with Crippen LogP contribution >= 0.6 is 0 Å². The van der Waals surface area contributed by atoms with Gasteiger partial charge in [-0.25, -0.2) is 4.98 Å². The number of hydrogen-bond acceptors (Lipinski definition) is 4. The van der Waals surface area contributed by atoms with Gasteiger partial charge in [0, 0.05) is 17.4 Å². The molecule has 0 fully saturated rings. The summed E-state index contributed by atoms with van der Waals surface area (Å²) in [5, 5.41) is 14.6. The Kier molecular flexibility index (Phi) is 6.32. The molecule has 2 aromatic heterocycles. The van der Waals surface area contributed by atoms with Crippen LogP contribution in [-0.2, 0) is 0 Å². The second-order valence-corrected chi connectivity index (χ2v) is 6.25. The molecule has 0 atom stereocenters. The first kappa shape index (κ1) is 19.7. The number of aromatic nitrogens is 2. The monoisotopic (exact) mass is 365 g/mol.